The van der Waals surface area contributed by atoms with E-state index in [1.165, 1.54) is 23.9 Å². The van der Waals surface area contributed by atoms with Crippen LogP contribution < -0.4 is 10.2 Å². The predicted molar refractivity (Wildman–Crippen MR) is 83.5 cm³/mol. The summed E-state index contributed by atoms with van der Waals surface area (Å²) in [6.45, 7) is 1.94. The van der Waals surface area contributed by atoms with Crippen LogP contribution in [0.25, 0.3) is 0 Å². The van der Waals surface area contributed by atoms with Crippen LogP contribution in [0.1, 0.15) is 18.1 Å². The minimum Gasteiger partial charge on any atom is -0.484 e. The third-order valence-corrected chi connectivity index (χ3v) is 2.95. The summed E-state index contributed by atoms with van der Waals surface area (Å²) in [5, 5.41) is 3.75. The van der Waals surface area contributed by atoms with Crippen molar-refractivity contribution in [1.82, 2.24) is 5.43 Å². The lowest BCUT2D eigenvalue weighted by atomic mass is 10.2. The van der Waals surface area contributed by atoms with Crippen molar-refractivity contribution < 1.29 is 13.9 Å². The normalized spacial score (nSPS) is 10.6. The standard InChI is InChI=1S/C17H17FN2O2/c1-2-13-6-8-16(9-7-13)22-12-17(21)20-19-11-14-4-3-5-15(18)10-14/h3-11H,2,12H2,1H3,(H,20,21)/b19-11+. The molecule has 0 aliphatic heterocycles. The Hall–Kier alpha value is -2.69. The second kappa shape index (κ2) is 7.93. The maximum absolute atomic E-state index is 12.9. The zero-order valence-corrected chi connectivity index (χ0v) is 12.3. The van der Waals surface area contributed by atoms with E-state index < -0.39 is 0 Å². The summed E-state index contributed by atoms with van der Waals surface area (Å²) in [7, 11) is 0. The minimum atomic E-state index is -0.382. The van der Waals surface area contributed by atoms with Gasteiger partial charge >= 0.3 is 0 Å². The minimum absolute atomic E-state index is 0.133. The fraction of sp³-hybridized carbons (Fsp3) is 0.176. The van der Waals surface area contributed by atoms with Gasteiger partial charge in [-0.2, -0.15) is 5.10 Å². The molecule has 0 saturated heterocycles. The maximum Gasteiger partial charge on any atom is 0.277 e. The fourth-order valence-corrected chi connectivity index (χ4v) is 1.77. The van der Waals surface area contributed by atoms with E-state index in [2.05, 4.69) is 17.5 Å². The summed E-state index contributed by atoms with van der Waals surface area (Å²) < 4.78 is 18.3. The first-order valence-corrected chi connectivity index (χ1v) is 6.96. The molecule has 0 aliphatic rings. The van der Waals surface area contributed by atoms with E-state index >= 15 is 0 Å². The number of hydrogen-bond acceptors (Lipinski definition) is 3. The Bertz CT molecular complexity index is 654. The van der Waals surface area contributed by atoms with Gasteiger partial charge in [0.2, 0.25) is 0 Å². The first kappa shape index (κ1) is 15.7. The van der Waals surface area contributed by atoms with Gasteiger partial charge in [0.05, 0.1) is 6.21 Å². The fourth-order valence-electron chi connectivity index (χ4n) is 1.77. The molecule has 2 aromatic rings. The zero-order valence-electron chi connectivity index (χ0n) is 12.3. The highest BCUT2D eigenvalue weighted by Crippen LogP contribution is 2.12. The lowest BCUT2D eigenvalue weighted by molar-refractivity contribution is -0.123. The Morgan fingerprint density at radius 2 is 2.05 bits per heavy atom. The lowest BCUT2D eigenvalue weighted by Crippen LogP contribution is -2.24. The van der Waals surface area contributed by atoms with Gasteiger partial charge in [0.25, 0.3) is 5.91 Å². The molecule has 0 atom stereocenters. The number of rotatable bonds is 6. The van der Waals surface area contributed by atoms with Crippen molar-refractivity contribution >= 4 is 12.1 Å². The van der Waals surface area contributed by atoms with Crippen LogP contribution in [0.5, 0.6) is 5.75 Å². The molecule has 0 radical (unpaired) electrons. The van der Waals surface area contributed by atoms with Crippen molar-refractivity contribution in [1.29, 1.82) is 0 Å². The first-order chi connectivity index (χ1) is 10.7. The maximum atomic E-state index is 12.9. The van der Waals surface area contributed by atoms with Crippen LogP contribution >= 0.6 is 0 Å². The molecule has 1 amide bonds. The molecule has 0 fully saturated rings. The number of nitrogens with zero attached hydrogens (tertiary/aromatic N) is 1. The average Bonchev–Trinajstić information content (AvgIpc) is 2.53. The van der Waals surface area contributed by atoms with Crippen molar-refractivity contribution in [2.75, 3.05) is 6.61 Å². The molecular weight excluding hydrogens is 283 g/mol. The van der Waals surface area contributed by atoms with E-state index in [9.17, 15) is 9.18 Å². The molecule has 22 heavy (non-hydrogen) atoms. The van der Waals surface area contributed by atoms with Crippen LogP contribution in [-0.4, -0.2) is 18.7 Å². The largest absolute Gasteiger partial charge is 0.484 e. The van der Waals surface area contributed by atoms with Crippen LogP contribution in [0.2, 0.25) is 0 Å². The average molecular weight is 300 g/mol. The summed E-state index contributed by atoms with van der Waals surface area (Å²) in [6.07, 6.45) is 2.33. The van der Waals surface area contributed by atoms with Crippen LogP contribution in [0.4, 0.5) is 4.39 Å². The van der Waals surface area contributed by atoms with E-state index in [0.717, 1.165) is 6.42 Å². The molecule has 2 aromatic carbocycles. The number of amides is 1. The van der Waals surface area contributed by atoms with Gasteiger partial charge in [-0.05, 0) is 41.8 Å². The molecule has 114 valence electrons. The van der Waals surface area contributed by atoms with Gasteiger partial charge in [-0.15, -0.1) is 0 Å². The molecule has 0 heterocycles. The van der Waals surface area contributed by atoms with Crippen molar-refractivity contribution in [3.63, 3.8) is 0 Å². The summed E-state index contributed by atoms with van der Waals surface area (Å²) in [5.74, 6) is -0.109. The lowest BCUT2D eigenvalue weighted by Gasteiger charge is -2.05. The van der Waals surface area contributed by atoms with Crippen LogP contribution in [0.15, 0.2) is 53.6 Å². The summed E-state index contributed by atoms with van der Waals surface area (Å²) >= 11 is 0. The number of carbonyl (C=O) groups is 1. The van der Waals surface area contributed by atoms with Gasteiger partial charge < -0.3 is 4.74 Å². The van der Waals surface area contributed by atoms with E-state index in [1.807, 2.05) is 24.3 Å². The number of aryl methyl sites for hydroxylation is 1. The second-order valence-electron chi connectivity index (χ2n) is 4.63. The van der Waals surface area contributed by atoms with Crippen LogP contribution in [0.3, 0.4) is 0 Å². The zero-order chi connectivity index (χ0) is 15.8. The molecule has 0 aromatic heterocycles. The number of benzene rings is 2. The molecule has 1 N–H and O–H groups in total. The topological polar surface area (TPSA) is 50.7 Å². The highest BCUT2D eigenvalue weighted by Gasteiger charge is 2.01. The van der Waals surface area contributed by atoms with Gasteiger partial charge in [0.15, 0.2) is 6.61 Å². The SMILES string of the molecule is CCc1ccc(OCC(=O)N/N=C/c2cccc(F)c2)cc1. The Labute approximate surface area is 128 Å². The van der Waals surface area contributed by atoms with E-state index in [0.29, 0.717) is 11.3 Å². The summed E-state index contributed by atoms with van der Waals surface area (Å²) in [6, 6.07) is 13.5. The molecule has 4 nitrogen and oxygen atoms in total. The number of ether oxygens (including phenoxy) is 1. The third-order valence-electron chi connectivity index (χ3n) is 2.95. The smallest absolute Gasteiger partial charge is 0.277 e. The van der Waals surface area contributed by atoms with Crippen molar-refractivity contribution in [2.24, 2.45) is 5.10 Å². The number of halogens is 1. The van der Waals surface area contributed by atoms with Gasteiger partial charge in [0.1, 0.15) is 11.6 Å². The summed E-state index contributed by atoms with van der Waals surface area (Å²) in [5.41, 5.74) is 4.10. The van der Waals surface area contributed by atoms with Gasteiger partial charge in [-0.1, -0.05) is 31.2 Å². The van der Waals surface area contributed by atoms with Crippen LogP contribution in [0, 0.1) is 5.82 Å². The van der Waals surface area contributed by atoms with Crippen molar-refractivity contribution in [2.45, 2.75) is 13.3 Å². The van der Waals surface area contributed by atoms with Gasteiger partial charge in [-0.3, -0.25) is 4.79 Å². The molecule has 0 aliphatic carbocycles. The number of hydrogen-bond donors (Lipinski definition) is 1. The second-order valence-corrected chi connectivity index (χ2v) is 4.63. The molecular formula is C17H17FN2O2. The quantitative estimate of drug-likeness (QED) is 0.659. The Kier molecular flexibility index (Phi) is 5.65. The number of carbonyl (C=O) groups excluding carboxylic acids is 1. The molecule has 0 saturated carbocycles. The Balaban J connectivity index is 1.77. The van der Waals surface area contributed by atoms with Crippen LogP contribution in [-0.2, 0) is 11.2 Å². The number of nitrogens with one attached hydrogen (secondary N) is 1. The van der Waals surface area contributed by atoms with E-state index in [-0.39, 0.29) is 18.3 Å². The molecule has 5 heteroatoms. The van der Waals surface area contributed by atoms with Gasteiger partial charge in [-0.25, -0.2) is 9.82 Å². The first-order valence-electron chi connectivity index (χ1n) is 6.96. The third kappa shape index (κ3) is 5.01. The molecule has 0 bridgehead atoms. The van der Waals surface area contributed by atoms with Crippen molar-refractivity contribution in [3.05, 3.63) is 65.5 Å². The Morgan fingerprint density at radius 1 is 1.27 bits per heavy atom. The Morgan fingerprint density at radius 3 is 2.73 bits per heavy atom. The molecule has 2 rings (SSSR count). The number of hydrazone groups is 1. The molecule has 0 unspecified atom stereocenters. The van der Waals surface area contributed by atoms with Crippen molar-refractivity contribution in [3.8, 4) is 5.75 Å². The molecule has 0 spiro atoms. The van der Waals surface area contributed by atoms with Gasteiger partial charge in [0, 0.05) is 0 Å². The van der Waals surface area contributed by atoms with E-state index in [4.69, 9.17) is 4.74 Å². The predicted octanol–water partition coefficient (Wildman–Crippen LogP) is 2.92. The van der Waals surface area contributed by atoms with E-state index in [1.54, 1.807) is 12.1 Å². The highest BCUT2D eigenvalue weighted by atomic mass is 19.1. The highest BCUT2D eigenvalue weighted by molar-refractivity contribution is 5.82. The summed E-state index contributed by atoms with van der Waals surface area (Å²) in [4.78, 5) is 11.6. The monoisotopic (exact) mass is 300 g/mol.